The number of aliphatic hydroxyl groups excluding tert-OH is 1. The SMILES string of the molecule is CC(=O)N1CCN(CC(=O)[C@H]2CC[C@H]3[C@@H]4CC[C@H]5C[C@](C)(O)CC[C@]5(CO)[C@H]4CC[C@]23C)CC1. The number of Topliss-reactive ketones (excluding diaryl/α,β-unsaturated/α-hetero) is 1. The van der Waals surface area contributed by atoms with Crippen LogP contribution in [0.3, 0.4) is 0 Å². The number of rotatable bonds is 4. The summed E-state index contributed by atoms with van der Waals surface area (Å²) in [5.74, 6) is 2.87. The number of nitrogens with zero attached hydrogens (tertiary/aromatic N) is 2. The highest BCUT2D eigenvalue weighted by Gasteiger charge is 2.62. The molecule has 0 bridgehead atoms. The Morgan fingerprint density at radius 3 is 2.32 bits per heavy atom. The van der Waals surface area contributed by atoms with Crippen molar-refractivity contribution in [1.29, 1.82) is 0 Å². The maximum Gasteiger partial charge on any atom is 0.219 e. The van der Waals surface area contributed by atoms with E-state index in [1.807, 2.05) is 11.8 Å². The average Bonchev–Trinajstić information content (AvgIpc) is 3.16. The summed E-state index contributed by atoms with van der Waals surface area (Å²) in [5.41, 5.74) is -0.520. The van der Waals surface area contributed by atoms with Crippen LogP contribution in [0.2, 0.25) is 0 Å². The quantitative estimate of drug-likeness (QED) is 0.654. The van der Waals surface area contributed by atoms with Gasteiger partial charge in [-0.05, 0) is 99.2 Å². The van der Waals surface area contributed by atoms with Crippen LogP contribution in [0.5, 0.6) is 0 Å². The molecule has 5 fully saturated rings. The van der Waals surface area contributed by atoms with Crippen molar-refractivity contribution in [3.63, 3.8) is 0 Å². The van der Waals surface area contributed by atoms with Gasteiger partial charge in [0, 0.05) is 45.6 Å². The number of hydrogen-bond donors (Lipinski definition) is 2. The second-order valence-corrected chi connectivity index (χ2v) is 13.2. The first kappa shape index (κ1) is 24.7. The van der Waals surface area contributed by atoms with Gasteiger partial charge in [-0.15, -0.1) is 0 Å². The molecule has 4 aliphatic carbocycles. The molecular weight excluding hydrogens is 428 g/mol. The molecule has 1 amide bonds. The van der Waals surface area contributed by atoms with E-state index in [0.29, 0.717) is 36.0 Å². The molecule has 6 nitrogen and oxygen atoms in total. The van der Waals surface area contributed by atoms with Crippen LogP contribution >= 0.6 is 0 Å². The summed E-state index contributed by atoms with van der Waals surface area (Å²) >= 11 is 0. The van der Waals surface area contributed by atoms with Gasteiger partial charge < -0.3 is 15.1 Å². The van der Waals surface area contributed by atoms with Crippen molar-refractivity contribution in [2.24, 2.45) is 40.4 Å². The van der Waals surface area contributed by atoms with Crippen molar-refractivity contribution >= 4 is 11.7 Å². The van der Waals surface area contributed by atoms with Gasteiger partial charge in [0.15, 0.2) is 0 Å². The molecule has 1 aliphatic heterocycles. The summed E-state index contributed by atoms with van der Waals surface area (Å²) in [6.07, 6.45) is 9.27. The van der Waals surface area contributed by atoms with Crippen LogP contribution in [0.25, 0.3) is 0 Å². The maximum absolute atomic E-state index is 13.6. The van der Waals surface area contributed by atoms with Gasteiger partial charge in [-0.3, -0.25) is 14.5 Å². The van der Waals surface area contributed by atoms with Crippen LogP contribution in [-0.2, 0) is 9.59 Å². The number of fused-ring (bicyclic) bond motifs is 5. The zero-order chi connectivity index (χ0) is 24.3. The van der Waals surface area contributed by atoms with E-state index in [1.165, 1.54) is 6.42 Å². The Hall–Kier alpha value is -0.980. The standard InChI is InChI=1S/C28H46N2O4/c1-19(32)30-14-12-29(13-15-30)17-25(33)24-7-6-22-21-5-4-20-16-26(2,34)10-11-28(20,18-31)23(21)8-9-27(22,24)3/h20-24,31,34H,4-18H2,1-3H3/t20-,21-,22-,23-,24+,26+,27-,28+/m0/s1. The van der Waals surface area contributed by atoms with Crippen molar-refractivity contribution in [1.82, 2.24) is 9.80 Å². The Morgan fingerprint density at radius 1 is 0.912 bits per heavy atom. The lowest BCUT2D eigenvalue weighted by Gasteiger charge is -2.62. The Morgan fingerprint density at radius 2 is 1.65 bits per heavy atom. The molecule has 2 N–H and O–H groups in total. The zero-order valence-electron chi connectivity index (χ0n) is 21.6. The highest BCUT2D eigenvalue weighted by molar-refractivity contribution is 5.84. The van der Waals surface area contributed by atoms with Crippen molar-refractivity contribution in [3.05, 3.63) is 0 Å². The number of ketones is 1. The van der Waals surface area contributed by atoms with E-state index >= 15 is 0 Å². The second-order valence-electron chi connectivity index (χ2n) is 13.2. The van der Waals surface area contributed by atoms with Crippen LogP contribution in [0, 0.1) is 40.4 Å². The fourth-order valence-electron chi connectivity index (χ4n) is 9.62. The highest BCUT2D eigenvalue weighted by Crippen LogP contribution is 2.68. The van der Waals surface area contributed by atoms with E-state index in [4.69, 9.17) is 0 Å². The summed E-state index contributed by atoms with van der Waals surface area (Å²) in [4.78, 5) is 29.3. The first-order valence-electron chi connectivity index (χ1n) is 13.9. The predicted molar refractivity (Wildman–Crippen MR) is 131 cm³/mol. The molecule has 8 atom stereocenters. The molecule has 4 saturated carbocycles. The van der Waals surface area contributed by atoms with Crippen molar-refractivity contribution < 1.29 is 19.8 Å². The zero-order valence-corrected chi connectivity index (χ0v) is 21.6. The number of piperazine rings is 1. The molecule has 34 heavy (non-hydrogen) atoms. The molecule has 1 saturated heterocycles. The van der Waals surface area contributed by atoms with Gasteiger partial charge >= 0.3 is 0 Å². The van der Waals surface area contributed by atoms with Gasteiger partial charge in [-0.25, -0.2) is 0 Å². The lowest BCUT2D eigenvalue weighted by atomic mass is 9.43. The summed E-state index contributed by atoms with van der Waals surface area (Å²) in [6.45, 7) is 9.85. The maximum atomic E-state index is 13.6. The van der Waals surface area contributed by atoms with Crippen LogP contribution < -0.4 is 0 Å². The lowest BCUT2D eigenvalue weighted by molar-refractivity contribution is -0.171. The van der Waals surface area contributed by atoms with E-state index < -0.39 is 5.60 Å². The van der Waals surface area contributed by atoms with Crippen LogP contribution in [0.1, 0.15) is 78.6 Å². The Kier molecular flexibility index (Phi) is 6.43. The Bertz CT molecular complexity index is 806. The third kappa shape index (κ3) is 3.96. The van der Waals surface area contributed by atoms with Gasteiger partial charge in [-0.1, -0.05) is 6.92 Å². The second kappa shape index (κ2) is 8.85. The minimum Gasteiger partial charge on any atom is -0.396 e. The molecule has 6 heteroatoms. The minimum atomic E-state index is -0.583. The molecule has 192 valence electrons. The molecule has 0 radical (unpaired) electrons. The molecule has 5 rings (SSSR count). The van der Waals surface area contributed by atoms with E-state index in [-0.39, 0.29) is 29.3 Å². The Labute approximate surface area is 205 Å². The fourth-order valence-corrected chi connectivity index (χ4v) is 9.62. The molecule has 1 heterocycles. The van der Waals surface area contributed by atoms with Gasteiger partial charge in [0.25, 0.3) is 0 Å². The van der Waals surface area contributed by atoms with Crippen LogP contribution in [0.4, 0.5) is 0 Å². The van der Waals surface area contributed by atoms with Crippen molar-refractivity contribution in [2.75, 3.05) is 39.3 Å². The first-order chi connectivity index (χ1) is 16.1. The molecule has 5 aliphatic rings. The molecule has 0 spiro atoms. The number of carbonyl (C=O) groups is 2. The summed E-state index contributed by atoms with van der Waals surface area (Å²) < 4.78 is 0. The highest BCUT2D eigenvalue weighted by atomic mass is 16.3. The van der Waals surface area contributed by atoms with E-state index in [9.17, 15) is 19.8 Å². The molecular formula is C28H46N2O4. The van der Waals surface area contributed by atoms with Crippen LogP contribution in [-0.4, -0.2) is 76.6 Å². The average molecular weight is 475 g/mol. The number of carbonyl (C=O) groups excluding carboxylic acids is 2. The Balaban J connectivity index is 1.27. The molecule has 0 aromatic rings. The van der Waals surface area contributed by atoms with Gasteiger partial charge in [0.1, 0.15) is 5.78 Å². The van der Waals surface area contributed by atoms with E-state index in [0.717, 1.165) is 77.5 Å². The molecule has 0 aromatic heterocycles. The van der Waals surface area contributed by atoms with Gasteiger partial charge in [-0.2, -0.15) is 0 Å². The number of hydrogen-bond acceptors (Lipinski definition) is 5. The minimum absolute atomic E-state index is 0.0228. The van der Waals surface area contributed by atoms with Crippen molar-refractivity contribution in [2.45, 2.75) is 84.2 Å². The normalized spacial score (nSPS) is 47.0. The largest absolute Gasteiger partial charge is 0.396 e. The fraction of sp³-hybridized carbons (Fsp3) is 0.929. The molecule has 0 aromatic carbocycles. The van der Waals surface area contributed by atoms with E-state index in [1.54, 1.807) is 6.92 Å². The summed E-state index contributed by atoms with van der Waals surface area (Å²) in [5, 5.41) is 21.4. The topological polar surface area (TPSA) is 81.1 Å². The lowest BCUT2D eigenvalue weighted by Crippen LogP contribution is -2.58. The first-order valence-corrected chi connectivity index (χ1v) is 13.9. The summed E-state index contributed by atoms with van der Waals surface area (Å²) in [6, 6.07) is 0. The third-order valence-electron chi connectivity index (χ3n) is 11.5. The van der Waals surface area contributed by atoms with Gasteiger partial charge in [0.05, 0.1) is 12.1 Å². The predicted octanol–water partition coefficient (Wildman–Crippen LogP) is 3.10. The third-order valence-corrected chi connectivity index (χ3v) is 11.5. The van der Waals surface area contributed by atoms with Crippen LogP contribution in [0.15, 0.2) is 0 Å². The van der Waals surface area contributed by atoms with Gasteiger partial charge in [0.2, 0.25) is 5.91 Å². The summed E-state index contributed by atoms with van der Waals surface area (Å²) in [7, 11) is 0. The van der Waals surface area contributed by atoms with E-state index in [2.05, 4.69) is 11.8 Å². The number of aliphatic hydroxyl groups is 2. The van der Waals surface area contributed by atoms with Crippen molar-refractivity contribution in [3.8, 4) is 0 Å². The monoisotopic (exact) mass is 474 g/mol. The number of amides is 1. The smallest absolute Gasteiger partial charge is 0.219 e. The molecule has 0 unspecified atom stereocenters.